The van der Waals surface area contributed by atoms with E-state index < -0.39 is 11.9 Å². The van der Waals surface area contributed by atoms with E-state index >= 15 is 0 Å². The molecule has 0 spiro atoms. The number of primary amides is 1. The maximum Gasteiger partial charge on any atom is 0.308 e. The lowest BCUT2D eigenvalue weighted by Crippen LogP contribution is -2.27. The SMILES string of the molecule is CCC(=O)OC(C)C(Cc1cccc(OC)c1)Cc1cccc(OC)c1.COc1ccnc(C(N)=O)c1OC(C)=O. The number of rotatable bonds is 12. The largest absolute Gasteiger partial charge is 0.497 e. The summed E-state index contributed by atoms with van der Waals surface area (Å²) in [7, 11) is 4.71. The number of hydrogen-bond acceptors (Lipinski definition) is 9. The minimum atomic E-state index is -0.787. The molecule has 1 amide bonds. The van der Waals surface area contributed by atoms with Gasteiger partial charge in [0.05, 0.1) is 21.3 Å². The zero-order valence-electron chi connectivity index (χ0n) is 24.3. The van der Waals surface area contributed by atoms with Crippen molar-refractivity contribution in [1.82, 2.24) is 4.98 Å². The maximum atomic E-state index is 11.8. The van der Waals surface area contributed by atoms with Crippen molar-refractivity contribution in [3.05, 3.63) is 77.6 Å². The van der Waals surface area contributed by atoms with E-state index in [2.05, 4.69) is 17.1 Å². The standard InChI is InChI=1S/C22H28O4.C9H10N2O4/c1-5-22(23)26-16(2)19(12-17-8-6-10-20(14-17)24-3)13-18-9-7-11-21(15-18)25-4;1-5(12)15-8-6(14-2)3-4-11-7(8)9(10)13/h6-11,14-16,19H,5,12-13H2,1-4H3;3-4H,1-2H3,(H2,10,13). The highest BCUT2D eigenvalue weighted by Gasteiger charge is 2.22. The van der Waals surface area contributed by atoms with Crippen molar-refractivity contribution in [2.75, 3.05) is 21.3 Å². The first-order chi connectivity index (χ1) is 19.6. The quantitative estimate of drug-likeness (QED) is 0.313. The normalized spacial score (nSPS) is 11.0. The van der Waals surface area contributed by atoms with Gasteiger partial charge < -0.3 is 29.4 Å². The van der Waals surface area contributed by atoms with Gasteiger partial charge in [0.25, 0.3) is 5.91 Å². The molecule has 2 aromatic carbocycles. The minimum Gasteiger partial charge on any atom is -0.497 e. The summed E-state index contributed by atoms with van der Waals surface area (Å²) in [6.45, 7) is 4.99. The summed E-state index contributed by atoms with van der Waals surface area (Å²) in [5.74, 6) is 0.466. The summed E-state index contributed by atoms with van der Waals surface area (Å²) in [6.07, 6.45) is 3.14. The van der Waals surface area contributed by atoms with Gasteiger partial charge in [-0.3, -0.25) is 14.4 Å². The van der Waals surface area contributed by atoms with E-state index in [4.69, 9.17) is 29.4 Å². The molecule has 0 saturated heterocycles. The van der Waals surface area contributed by atoms with Gasteiger partial charge in [0.2, 0.25) is 5.75 Å². The fourth-order valence-corrected chi connectivity index (χ4v) is 4.00. The molecule has 0 aliphatic rings. The van der Waals surface area contributed by atoms with Crippen LogP contribution in [0.2, 0.25) is 0 Å². The van der Waals surface area contributed by atoms with Crippen LogP contribution in [0.25, 0.3) is 0 Å². The molecule has 3 rings (SSSR count). The molecule has 3 aromatic rings. The molecule has 41 heavy (non-hydrogen) atoms. The third kappa shape index (κ3) is 10.5. The van der Waals surface area contributed by atoms with Gasteiger partial charge in [-0.05, 0) is 55.2 Å². The number of ether oxygens (including phenoxy) is 5. The molecule has 1 heterocycles. The predicted octanol–water partition coefficient (Wildman–Crippen LogP) is 4.56. The number of nitrogens with zero attached hydrogens (tertiary/aromatic N) is 1. The topological polar surface area (TPSA) is 136 Å². The third-order valence-electron chi connectivity index (χ3n) is 6.10. The van der Waals surface area contributed by atoms with Crippen LogP contribution < -0.4 is 24.7 Å². The third-order valence-corrected chi connectivity index (χ3v) is 6.10. The van der Waals surface area contributed by atoms with Gasteiger partial charge >= 0.3 is 11.9 Å². The Morgan fingerprint density at radius 1 is 0.878 bits per heavy atom. The van der Waals surface area contributed by atoms with Crippen LogP contribution in [0.3, 0.4) is 0 Å². The Morgan fingerprint density at radius 3 is 1.88 bits per heavy atom. The Labute approximate surface area is 240 Å². The highest BCUT2D eigenvalue weighted by molar-refractivity contribution is 5.95. The fraction of sp³-hybridized carbons (Fsp3) is 0.355. The zero-order chi connectivity index (χ0) is 30.4. The van der Waals surface area contributed by atoms with Crippen LogP contribution in [0.4, 0.5) is 0 Å². The van der Waals surface area contributed by atoms with Crippen LogP contribution in [-0.4, -0.2) is 50.3 Å². The van der Waals surface area contributed by atoms with Crippen LogP contribution in [0.15, 0.2) is 60.8 Å². The van der Waals surface area contributed by atoms with Crippen molar-refractivity contribution in [1.29, 1.82) is 0 Å². The maximum absolute atomic E-state index is 11.8. The van der Waals surface area contributed by atoms with Gasteiger partial charge in [-0.2, -0.15) is 0 Å². The number of benzene rings is 2. The van der Waals surface area contributed by atoms with E-state index in [0.717, 1.165) is 35.5 Å². The number of aromatic nitrogens is 1. The molecule has 2 N–H and O–H groups in total. The van der Waals surface area contributed by atoms with Crippen molar-refractivity contribution in [2.24, 2.45) is 11.7 Å². The van der Waals surface area contributed by atoms with Gasteiger partial charge in [0.15, 0.2) is 11.4 Å². The monoisotopic (exact) mass is 566 g/mol. The van der Waals surface area contributed by atoms with Gasteiger partial charge in [-0.25, -0.2) is 4.98 Å². The number of carbonyl (C=O) groups excluding carboxylic acids is 3. The number of amides is 1. The summed E-state index contributed by atoms with van der Waals surface area (Å²) in [6, 6.07) is 17.5. The van der Waals surface area contributed by atoms with Crippen LogP contribution in [0.5, 0.6) is 23.0 Å². The Balaban J connectivity index is 0.000000333. The van der Waals surface area contributed by atoms with E-state index in [1.54, 1.807) is 14.2 Å². The average Bonchev–Trinajstić information content (AvgIpc) is 2.96. The Bertz CT molecular complexity index is 1260. The zero-order valence-corrected chi connectivity index (χ0v) is 24.3. The molecule has 0 radical (unpaired) electrons. The highest BCUT2D eigenvalue weighted by Crippen LogP contribution is 2.29. The first kappa shape index (κ1) is 32.6. The van der Waals surface area contributed by atoms with E-state index in [0.29, 0.717) is 6.42 Å². The average molecular weight is 567 g/mol. The number of esters is 2. The van der Waals surface area contributed by atoms with Crippen LogP contribution in [0.1, 0.15) is 48.8 Å². The fourth-order valence-electron chi connectivity index (χ4n) is 4.00. The lowest BCUT2D eigenvalue weighted by atomic mass is 9.88. The highest BCUT2D eigenvalue weighted by atomic mass is 16.6. The molecule has 0 aliphatic heterocycles. The minimum absolute atomic E-state index is 0.0556. The molecule has 0 bridgehead atoms. The van der Waals surface area contributed by atoms with Crippen molar-refractivity contribution >= 4 is 17.8 Å². The van der Waals surface area contributed by atoms with Crippen LogP contribution in [-0.2, 0) is 27.2 Å². The first-order valence-corrected chi connectivity index (χ1v) is 13.1. The summed E-state index contributed by atoms with van der Waals surface area (Å²) >= 11 is 0. The molecule has 1 aromatic heterocycles. The number of nitrogens with two attached hydrogens (primary N) is 1. The Kier molecular flexibility index (Phi) is 13.1. The molecule has 10 nitrogen and oxygen atoms in total. The van der Waals surface area contributed by atoms with Gasteiger partial charge in [0.1, 0.15) is 17.6 Å². The van der Waals surface area contributed by atoms with Crippen molar-refractivity contribution in [3.8, 4) is 23.0 Å². The molecule has 0 fully saturated rings. The number of hydrogen-bond donors (Lipinski definition) is 1. The molecular weight excluding hydrogens is 528 g/mol. The molecular formula is C31H38N2O8. The van der Waals surface area contributed by atoms with Crippen molar-refractivity contribution in [2.45, 2.75) is 46.1 Å². The second kappa shape index (κ2) is 16.5. The van der Waals surface area contributed by atoms with E-state index in [1.807, 2.05) is 50.2 Å². The van der Waals surface area contributed by atoms with Crippen molar-refractivity contribution in [3.63, 3.8) is 0 Å². The van der Waals surface area contributed by atoms with E-state index in [1.165, 1.54) is 26.3 Å². The number of methoxy groups -OCH3 is 3. The van der Waals surface area contributed by atoms with Gasteiger partial charge in [-0.15, -0.1) is 0 Å². The molecule has 220 valence electrons. The van der Waals surface area contributed by atoms with Gasteiger partial charge in [-0.1, -0.05) is 31.2 Å². The predicted molar refractivity (Wildman–Crippen MR) is 153 cm³/mol. The summed E-state index contributed by atoms with van der Waals surface area (Å²) in [5, 5.41) is 0. The molecule has 1 unspecified atom stereocenters. The first-order valence-electron chi connectivity index (χ1n) is 13.1. The molecule has 10 heteroatoms. The Morgan fingerprint density at radius 2 is 1.44 bits per heavy atom. The summed E-state index contributed by atoms with van der Waals surface area (Å²) in [4.78, 5) is 37.3. The summed E-state index contributed by atoms with van der Waals surface area (Å²) in [5.41, 5.74) is 7.26. The lowest BCUT2D eigenvalue weighted by molar-refractivity contribution is -0.150. The van der Waals surface area contributed by atoms with Gasteiger partial charge in [0, 0.05) is 31.5 Å². The van der Waals surface area contributed by atoms with E-state index in [9.17, 15) is 14.4 Å². The lowest BCUT2D eigenvalue weighted by Gasteiger charge is -2.25. The van der Waals surface area contributed by atoms with Crippen LogP contribution >= 0.6 is 0 Å². The molecule has 0 saturated carbocycles. The molecule has 0 aliphatic carbocycles. The second-order valence-corrected chi connectivity index (χ2v) is 9.07. The smallest absolute Gasteiger partial charge is 0.308 e. The van der Waals surface area contributed by atoms with Crippen LogP contribution in [0, 0.1) is 5.92 Å². The Hall–Kier alpha value is -4.60. The van der Waals surface area contributed by atoms with E-state index in [-0.39, 0.29) is 35.2 Å². The number of carbonyl (C=O) groups is 3. The summed E-state index contributed by atoms with van der Waals surface area (Å²) < 4.78 is 26.0. The second-order valence-electron chi connectivity index (χ2n) is 9.07. The van der Waals surface area contributed by atoms with Crippen molar-refractivity contribution < 1.29 is 38.1 Å². The number of pyridine rings is 1. The molecule has 1 atom stereocenters.